The fraction of sp³-hybridized carbons (Fsp3) is 0.176. The van der Waals surface area contributed by atoms with Gasteiger partial charge in [-0.25, -0.2) is 0 Å². The van der Waals surface area contributed by atoms with Crippen LogP contribution in [0.2, 0.25) is 10.0 Å². The third kappa shape index (κ3) is 5.16. The maximum absolute atomic E-state index is 12.3. The van der Waals surface area contributed by atoms with Crippen LogP contribution in [-0.2, 0) is 9.59 Å². The summed E-state index contributed by atoms with van der Waals surface area (Å²) >= 11 is 13.5. The Bertz CT molecular complexity index is 731. The molecule has 0 fully saturated rings. The highest BCUT2D eigenvalue weighted by molar-refractivity contribution is 8.00. The van der Waals surface area contributed by atoms with Gasteiger partial charge in [0.2, 0.25) is 11.8 Å². The van der Waals surface area contributed by atoms with E-state index in [4.69, 9.17) is 23.2 Å². The van der Waals surface area contributed by atoms with Crippen molar-refractivity contribution in [1.29, 1.82) is 0 Å². The highest BCUT2D eigenvalue weighted by atomic mass is 35.5. The number of benzene rings is 2. The Labute approximate surface area is 154 Å². The first-order chi connectivity index (χ1) is 11.4. The van der Waals surface area contributed by atoms with Gasteiger partial charge in [-0.2, -0.15) is 0 Å². The fourth-order valence-electron chi connectivity index (χ4n) is 1.92. The molecule has 1 atom stereocenters. The maximum Gasteiger partial charge on any atom is 0.237 e. The van der Waals surface area contributed by atoms with Crippen LogP contribution < -0.4 is 10.6 Å². The number of halogens is 2. The predicted molar refractivity (Wildman–Crippen MR) is 101 cm³/mol. The molecular weight excluding hydrogens is 367 g/mol. The molecule has 0 aliphatic heterocycles. The van der Waals surface area contributed by atoms with E-state index in [1.54, 1.807) is 37.3 Å². The van der Waals surface area contributed by atoms with E-state index in [0.29, 0.717) is 21.4 Å². The number of amides is 2. The van der Waals surface area contributed by atoms with E-state index in [9.17, 15) is 9.59 Å². The number of para-hydroxylation sites is 1. The molecule has 2 N–H and O–H groups in total. The molecule has 2 aromatic carbocycles. The smallest absolute Gasteiger partial charge is 0.237 e. The zero-order chi connectivity index (χ0) is 17.7. The summed E-state index contributed by atoms with van der Waals surface area (Å²) in [5.41, 5.74) is 1.13. The average molecular weight is 383 g/mol. The lowest BCUT2D eigenvalue weighted by atomic mass is 10.3. The molecule has 7 heteroatoms. The number of thioether (sulfide) groups is 1. The van der Waals surface area contributed by atoms with Gasteiger partial charge in [0.25, 0.3) is 0 Å². The van der Waals surface area contributed by atoms with E-state index in [1.807, 2.05) is 12.1 Å². The lowest BCUT2D eigenvalue weighted by Gasteiger charge is -2.14. The quantitative estimate of drug-likeness (QED) is 0.709. The Hall–Kier alpha value is -1.69. The van der Waals surface area contributed by atoms with Crippen molar-refractivity contribution in [3.63, 3.8) is 0 Å². The van der Waals surface area contributed by atoms with Crippen molar-refractivity contribution < 1.29 is 9.59 Å². The van der Waals surface area contributed by atoms with Gasteiger partial charge in [0, 0.05) is 17.5 Å². The van der Waals surface area contributed by atoms with E-state index in [1.165, 1.54) is 18.7 Å². The van der Waals surface area contributed by atoms with Crippen molar-refractivity contribution in [3.8, 4) is 0 Å². The molecule has 0 saturated heterocycles. The largest absolute Gasteiger partial charge is 0.326 e. The average Bonchev–Trinajstić information content (AvgIpc) is 2.52. The molecule has 0 aliphatic rings. The van der Waals surface area contributed by atoms with Crippen LogP contribution in [0.3, 0.4) is 0 Å². The summed E-state index contributed by atoms with van der Waals surface area (Å²) in [6.07, 6.45) is 0. The summed E-state index contributed by atoms with van der Waals surface area (Å²) in [7, 11) is 0. The standard InChI is InChI=1S/C17H16Cl2N2O2S/c1-10(17(23)21-16-14(18)4-3-5-15(16)19)24-13-8-6-12(7-9-13)20-11(2)22/h3-10H,1-2H3,(H,20,22)(H,21,23). The Morgan fingerprint density at radius 3 is 2.12 bits per heavy atom. The molecule has 2 aromatic rings. The third-order valence-corrected chi connectivity index (χ3v) is 4.81. The molecule has 0 heterocycles. The van der Waals surface area contributed by atoms with Crippen molar-refractivity contribution in [2.75, 3.05) is 10.6 Å². The van der Waals surface area contributed by atoms with Crippen LogP contribution in [0, 0.1) is 0 Å². The molecule has 24 heavy (non-hydrogen) atoms. The van der Waals surface area contributed by atoms with Crippen LogP contribution in [0.25, 0.3) is 0 Å². The summed E-state index contributed by atoms with van der Waals surface area (Å²) in [6.45, 7) is 3.25. The van der Waals surface area contributed by atoms with Gasteiger partial charge in [-0.15, -0.1) is 11.8 Å². The van der Waals surface area contributed by atoms with Crippen LogP contribution in [-0.4, -0.2) is 17.1 Å². The summed E-state index contributed by atoms with van der Waals surface area (Å²) in [6, 6.07) is 12.3. The highest BCUT2D eigenvalue weighted by Crippen LogP contribution is 2.31. The zero-order valence-corrected chi connectivity index (χ0v) is 15.4. The molecule has 0 spiro atoms. The van der Waals surface area contributed by atoms with Crippen LogP contribution in [0.4, 0.5) is 11.4 Å². The maximum atomic E-state index is 12.3. The molecule has 0 aromatic heterocycles. The van der Waals surface area contributed by atoms with E-state index in [0.717, 1.165) is 4.90 Å². The minimum Gasteiger partial charge on any atom is -0.326 e. The number of carbonyl (C=O) groups is 2. The van der Waals surface area contributed by atoms with E-state index >= 15 is 0 Å². The number of nitrogens with one attached hydrogen (secondary N) is 2. The molecule has 0 aliphatic carbocycles. The Morgan fingerprint density at radius 1 is 1.00 bits per heavy atom. The Kier molecular flexibility index (Phi) is 6.54. The van der Waals surface area contributed by atoms with Gasteiger partial charge in [0.1, 0.15) is 0 Å². The summed E-state index contributed by atoms with van der Waals surface area (Å²) in [5, 5.41) is 5.90. The molecule has 0 saturated carbocycles. The summed E-state index contributed by atoms with van der Waals surface area (Å²) in [4.78, 5) is 24.2. The lowest BCUT2D eigenvalue weighted by Crippen LogP contribution is -2.22. The van der Waals surface area contributed by atoms with Gasteiger partial charge in [-0.3, -0.25) is 9.59 Å². The topological polar surface area (TPSA) is 58.2 Å². The Balaban J connectivity index is 2.00. The molecule has 2 rings (SSSR count). The van der Waals surface area contributed by atoms with Crippen molar-refractivity contribution >= 4 is 58.2 Å². The summed E-state index contributed by atoms with van der Waals surface area (Å²) in [5.74, 6) is -0.319. The van der Waals surface area contributed by atoms with Gasteiger partial charge in [0.05, 0.1) is 21.0 Å². The fourth-order valence-corrected chi connectivity index (χ4v) is 3.28. The van der Waals surface area contributed by atoms with Gasteiger partial charge in [0.15, 0.2) is 0 Å². The lowest BCUT2D eigenvalue weighted by molar-refractivity contribution is -0.115. The molecule has 2 amide bonds. The number of hydrogen-bond acceptors (Lipinski definition) is 3. The van der Waals surface area contributed by atoms with E-state index in [2.05, 4.69) is 10.6 Å². The number of hydrogen-bond donors (Lipinski definition) is 2. The van der Waals surface area contributed by atoms with E-state index < -0.39 is 0 Å². The highest BCUT2D eigenvalue weighted by Gasteiger charge is 2.17. The van der Waals surface area contributed by atoms with Gasteiger partial charge in [-0.1, -0.05) is 29.3 Å². The predicted octanol–water partition coefficient (Wildman–Crippen LogP) is 5.07. The van der Waals surface area contributed by atoms with Crippen LogP contribution in [0.5, 0.6) is 0 Å². The van der Waals surface area contributed by atoms with E-state index in [-0.39, 0.29) is 17.1 Å². The van der Waals surface area contributed by atoms with Crippen molar-refractivity contribution in [2.24, 2.45) is 0 Å². The zero-order valence-electron chi connectivity index (χ0n) is 13.1. The van der Waals surface area contributed by atoms with Gasteiger partial charge >= 0.3 is 0 Å². The molecule has 0 radical (unpaired) electrons. The monoisotopic (exact) mass is 382 g/mol. The first kappa shape index (κ1) is 18.6. The normalized spacial score (nSPS) is 11.7. The first-order valence-corrected chi connectivity index (χ1v) is 8.79. The summed E-state index contributed by atoms with van der Waals surface area (Å²) < 4.78 is 0. The minimum absolute atomic E-state index is 0.125. The van der Waals surface area contributed by atoms with Gasteiger partial charge < -0.3 is 10.6 Å². The van der Waals surface area contributed by atoms with Crippen molar-refractivity contribution in [2.45, 2.75) is 24.0 Å². The third-order valence-electron chi connectivity index (χ3n) is 3.07. The number of carbonyl (C=O) groups excluding carboxylic acids is 2. The molecule has 1 unspecified atom stereocenters. The minimum atomic E-state index is -0.344. The number of anilines is 2. The van der Waals surface area contributed by atoms with Crippen molar-refractivity contribution in [1.82, 2.24) is 0 Å². The molecule has 0 bridgehead atoms. The van der Waals surface area contributed by atoms with Gasteiger partial charge in [-0.05, 0) is 43.3 Å². The molecular formula is C17H16Cl2N2O2S. The van der Waals surface area contributed by atoms with Crippen LogP contribution in [0.1, 0.15) is 13.8 Å². The SMILES string of the molecule is CC(=O)Nc1ccc(SC(C)C(=O)Nc2c(Cl)cccc2Cl)cc1. The second-order valence-electron chi connectivity index (χ2n) is 5.05. The Morgan fingerprint density at radius 2 is 1.58 bits per heavy atom. The molecule has 126 valence electrons. The van der Waals surface area contributed by atoms with Crippen molar-refractivity contribution in [3.05, 3.63) is 52.5 Å². The second-order valence-corrected chi connectivity index (χ2v) is 7.28. The first-order valence-electron chi connectivity index (χ1n) is 7.16. The second kappa shape index (κ2) is 8.42. The molecule has 4 nitrogen and oxygen atoms in total. The van der Waals surface area contributed by atoms with Crippen LogP contribution >= 0.6 is 35.0 Å². The number of rotatable bonds is 5. The van der Waals surface area contributed by atoms with Crippen LogP contribution in [0.15, 0.2) is 47.4 Å².